The zero-order valence-electron chi connectivity index (χ0n) is 15.5. The third-order valence-corrected chi connectivity index (χ3v) is 5.34. The number of carbonyl (C=O) groups is 1. The maximum Gasteiger partial charge on any atom is 0.234 e. The summed E-state index contributed by atoms with van der Waals surface area (Å²) in [6.45, 7) is 0. The standard InChI is InChI=1S/C18H17Cl2N5O3S/c1-27-11-4-6-15(28-2)14(8-11)22-16(26)9-29-18-24-23-17(25(18)21)12-5-3-10(19)7-13(12)20/h3-8H,9,21H2,1-2H3,(H,22,26). The molecule has 8 nitrogen and oxygen atoms in total. The van der Waals surface area contributed by atoms with E-state index in [1.54, 1.807) is 43.5 Å². The lowest BCUT2D eigenvalue weighted by atomic mass is 10.2. The monoisotopic (exact) mass is 453 g/mol. The van der Waals surface area contributed by atoms with E-state index in [-0.39, 0.29) is 11.7 Å². The van der Waals surface area contributed by atoms with Gasteiger partial charge in [-0.3, -0.25) is 4.79 Å². The Balaban J connectivity index is 1.69. The van der Waals surface area contributed by atoms with E-state index in [2.05, 4.69) is 15.5 Å². The fourth-order valence-electron chi connectivity index (χ4n) is 2.46. The predicted molar refractivity (Wildman–Crippen MR) is 115 cm³/mol. The summed E-state index contributed by atoms with van der Waals surface area (Å²) in [6, 6.07) is 10.1. The third-order valence-electron chi connectivity index (χ3n) is 3.85. The number of nitrogens with one attached hydrogen (secondary N) is 1. The minimum absolute atomic E-state index is 0.0596. The van der Waals surface area contributed by atoms with Gasteiger partial charge in [0.2, 0.25) is 11.1 Å². The molecule has 3 aromatic rings. The highest BCUT2D eigenvalue weighted by Gasteiger charge is 2.17. The van der Waals surface area contributed by atoms with Crippen LogP contribution in [0.2, 0.25) is 10.0 Å². The van der Waals surface area contributed by atoms with E-state index in [9.17, 15) is 4.79 Å². The van der Waals surface area contributed by atoms with Crippen LogP contribution in [0, 0.1) is 0 Å². The highest BCUT2D eigenvalue weighted by molar-refractivity contribution is 7.99. The number of aromatic nitrogens is 3. The lowest BCUT2D eigenvalue weighted by Crippen LogP contribution is -2.17. The second-order valence-corrected chi connectivity index (χ2v) is 7.49. The molecular formula is C18H17Cl2N5O3S. The lowest BCUT2D eigenvalue weighted by Gasteiger charge is -2.11. The molecule has 11 heteroatoms. The normalized spacial score (nSPS) is 10.6. The SMILES string of the molecule is COc1ccc(OC)c(NC(=O)CSc2nnc(-c3ccc(Cl)cc3Cl)n2N)c1. The number of ether oxygens (including phenoxy) is 2. The van der Waals surface area contributed by atoms with E-state index in [1.165, 1.54) is 11.8 Å². The summed E-state index contributed by atoms with van der Waals surface area (Å²) in [5, 5.41) is 12.1. The number of anilines is 1. The third kappa shape index (κ3) is 4.87. The highest BCUT2D eigenvalue weighted by atomic mass is 35.5. The van der Waals surface area contributed by atoms with Gasteiger partial charge in [0.25, 0.3) is 0 Å². The van der Waals surface area contributed by atoms with Gasteiger partial charge in [-0.05, 0) is 30.3 Å². The quantitative estimate of drug-likeness (QED) is 0.414. The van der Waals surface area contributed by atoms with Crippen LogP contribution in [0.4, 0.5) is 5.69 Å². The van der Waals surface area contributed by atoms with Crippen molar-refractivity contribution in [2.24, 2.45) is 0 Å². The van der Waals surface area contributed by atoms with Crippen molar-refractivity contribution in [3.8, 4) is 22.9 Å². The van der Waals surface area contributed by atoms with Crippen LogP contribution in [0.3, 0.4) is 0 Å². The topological polar surface area (TPSA) is 104 Å². The molecular weight excluding hydrogens is 437 g/mol. The Morgan fingerprint density at radius 3 is 2.66 bits per heavy atom. The lowest BCUT2D eigenvalue weighted by molar-refractivity contribution is -0.113. The van der Waals surface area contributed by atoms with Crippen LogP contribution in [0.15, 0.2) is 41.6 Å². The summed E-state index contributed by atoms with van der Waals surface area (Å²) in [6.07, 6.45) is 0. The fourth-order valence-corrected chi connectivity index (χ4v) is 3.61. The summed E-state index contributed by atoms with van der Waals surface area (Å²) in [7, 11) is 3.06. The molecule has 29 heavy (non-hydrogen) atoms. The average molecular weight is 454 g/mol. The number of benzene rings is 2. The van der Waals surface area contributed by atoms with Gasteiger partial charge in [0.1, 0.15) is 11.5 Å². The molecule has 3 rings (SSSR count). The molecule has 0 atom stereocenters. The van der Waals surface area contributed by atoms with Crippen molar-refractivity contribution < 1.29 is 14.3 Å². The number of hydrogen-bond donors (Lipinski definition) is 2. The molecule has 1 amide bonds. The van der Waals surface area contributed by atoms with Crippen molar-refractivity contribution in [1.29, 1.82) is 0 Å². The average Bonchev–Trinajstić information content (AvgIpc) is 3.06. The van der Waals surface area contributed by atoms with Crippen molar-refractivity contribution in [3.63, 3.8) is 0 Å². The van der Waals surface area contributed by atoms with Gasteiger partial charge in [0.15, 0.2) is 5.82 Å². The first-order chi connectivity index (χ1) is 13.9. The molecule has 0 aliphatic heterocycles. The van der Waals surface area contributed by atoms with E-state index < -0.39 is 0 Å². The second-order valence-electron chi connectivity index (χ2n) is 5.70. The molecule has 1 aromatic heterocycles. The summed E-state index contributed by atoms with van der Waals surface area (Å²) in [5.74, 6) is 7.35. The molecule has 0 fully saturated rings. The van der Waals surface area contributed by atoms with E-state index in [0.29, 0.717) is 43.8 Å². The maximum atomic E-state index is 12.4. The molecule has 0 bridgehead atoms. The number of halogens is 2. The molecule has 2 aromatic carbocycles. The van der Waals surface area contributed by atoms with Crippen LogP contribution in [0.25, 0.3) is 11.4 Å². The van der Waals surface area contributed by atoms with Crippen LogP contribution in [0.1, 0.15) is 0 Å². The molecule has 0 saturated heterocycles. The molecule has 0 unspecified atom stereocenters. The van der Waals surface area contributed by atoms with Gasteiger partial charge in [0, 0.05) is 16.7 Å². The van der Waals surface area contributed by atoms with Gasteiger partial charge in [-0.15, -0.1) is 10.2 Å². The van der Waals surface area contributed by atoms with Crippen LogP contribution in [-0.2, 0) is 4.79 Å². The fraction of sp³-hybridized carbons (Fsp3) is 0.167. The number of hydrogen-bond acceptors (Lipinski definition) is 7. The molecule has 0 saturated carbocycles. The molecule has 3 N–H and O–H groups in total. The molecule has 0 radical (unpaired) electrons. The zero-order valence-corrected chi connectivity index (χ0v) is 17.8. The first-order valence-electron chi connectivity index (χ1n) is 8.23. The summed E-state index contributed by atoms with van der Waals surface area (Å²) >= 11 is 13.3. The summed E-state index contributed by atoms with van der Waals surface area (Å²) < 4.78 is 11.7. The number of nitrogens with two attached hydrogens (primary N) is 1. The number of carbonyl (C=O) groups excluding carboxylic acids is 1. The number of thioether (sulfide) groups is 1. The smallest absolute Gasteiger partial charge is 0.234 e. The van der Waals surface area contributed by atoms with Crippen molar-refractivity contribution in [2.45, 2.75) is 5.16 Å². The molecule has 0 aliphatic carbocycles. The maximum absolute atomic E-state index is 12.4. The van der Waals surface area contributed by atoms with Crippen LogP contribution >= 0.6 is 35.0 Å². The van der Waals surface area contributed by atoms with Crippen molar-refractivity contribution in [1.82, 2.24) is 14.9 Å². The Labute approximate surface area is 181 Å². The predicted octanol–water partition coefficient (Wildman–Crippen LogP) is 3.71. The van der Waals surface area contributed by atoms with Crippen LogP contribution in [-0.4, -0.2) is 40.8 Å². The van der Waals surface area contributed by atoms with Gasteiger partial charge in [0.05, 0.1) is 30.7 Å². The Morgan fingerprint density at radius 1 is 1.17 bits per heavy atom. The molecule has 1 heterocycles. The minimum atomic E-state index is -0.268. The van der Waals surface area contributed by atoms with Gasteiger partial charge in [-0.1, -0.05) is 35.0 Å². The summed E-state index contributed by atoms with van der Waals surface area (Å²) in [5.41, 5.74) is 1.09. The molecule has 152 valence electrons. The van der Waals surface area contributed by atoms with Crippen molar-refractivity contribution in [3.05, 3.63) is 46.4 Å². The Kier molecular flexibility index (Phi) is 6.73. The number of methoxy groups -OCH3 is 2. The van der Waals surface area contributed by atoms with Crippen LogP contribution < -0.4 is 20.6 Å². The summed E-state index contributed by atoms with van der Waals surface area (Å²) in [4.78, 5) is 12.4. The van der Waals surface area contributed by atoms with Gasteiger partial charge in [-0.25, -0.2) is 4.68 Å². The minimum Gasteiger partial charge on any atom is -0.497 e. The van der Waals surface area contributed by atoms with Crippen LogP contribution in [0.5, 0.6) is 11.5 Å². The van der Waals surface area contributed by atoms with E-state index in [4.69, 9.17) is 38.5 Å². The van der Waals surface area contributed by atoms with Crippen molar-refractivity contribution in [2.75, 3.05) is 31.1 Å². The zero-order chi connectivity index (χ0) is 21.0. The highest BCUT2D eigenvalue weighted by Crippen LogP contribution is 2.31. The van der Waals surface area contributed by atoms with E-state index in [1.807, 2.05) is 0 Å². The first-order valence-corrected chi connectivity index (χ1v) is 9.97. The largest absolute Gasteiger partial charge is 0.497 e. The van der Waals surface area contributed by atoms with E-state index >= 15 is 0 Å². The Bertz CT molecular complexity index is 1040. The number of amides is 1. The van der Waals surface area contributed by atoms with Gasteiger partial charge < -0.3 is 20.6 Å². The Morgan fingerprint density at radius 2 is 1.97 bits per heavy atom. The number of rotatable bonds is 7. The molecule has 0 spiro atoms. The second kappa shape index (κ2) is 9.25. The Hall–Kier alpha value is -2.62. The van der Waals surface area contributed by atoms with Gasteiger partial charge >= 0.3 is 0 Å². The first kappa shape index (κ1) is 21.1. The van der Waals surface area contributed by atoms with Crippen molar-refractivity contribution >= 4 is 46.6 Å². The number of nitrogen functional groups attached to an aromatic ring is 1. The number of nitrogens with zero attached hydrogens (tertiary/aromatic N) is 3. The van der Waals surface area contributed by atoms with E-state index in [0.717, 1.165) is 11.8 Å². The molecule has 0 aliphatic rings. The van der Waals surface area contributed by atoms with Gasteiger partial charge in [-0.2, -0.15) is 0 Å².